The lowest BCUT2D eigenvalue weighted by atomic mass is 9.80. The fourth-order valence-electron chi connectivity index (χ4n) is 3.53. The molecule has 3 aliphatic rings. The molecule has 1 aromatic rings. The zero-order valence-corrected chi connectivity index (χ0v) is 15.0. The minimum absolute atomic E-state index is 0.247. The van der Waals surface area contributed by atoms with Gasteiger partial charge in [0.1, 0.15) is 6.10 Å². The van der Waals surface area contributed by atoms with Crippen LogP contribution in [0.2, 0.25) is 0 Å². The van der Waals surface area contributed by atoms with Gasteiger partial charge < -0.3 is 10.0 Å². The van der Waals surface area contributed by atoms with Crippen LogP contribution < -0.4 is 0 Å². The van der Waals surface area contributed by atoms with Crippen LogP contribution in [0.4, 0.5) is 0 Å². The highest BCUT2D eigenvalue weighted by atomic mass is 32.2. The molecule has 1 amide bonds. The Morgan fingerprint density at radius 3 is 2.83 bits per heavy atom. The normalized spacial score (nSPS) is 22.6. The van der Waals surface area contributed by atoms with Gasteiger partial charge in [-0.2, -0.15) is 16.9 Å². The molecule has 5 nitrogen and oxygen atoms in total. The highest BCUT2D eigenvalue weighted by molar-refractivity contribution is 7.99. The van der Waals surface area contributed by atoms with Gasteiger partial charge in [0.15, 0.2) is 0 Å². The summed E-state index contributed by atoms with van der Waals surface area (Å²) in [5.41, 5.74) is 1.87. The van der Waals surface area contributed by atoms with Gasteiger partial charge in [-0.25, -0.2) is 0 Å². The molecule has 2 saturated carbocycles. The number of fused-ring (bicyclic) bond motifs is 1. The number of carbonyl (C=O) groups excluding carboxylic acids is 1. The Bertz CT molecular complexity index is 595. The number of aromatic nitrogens is 2. The van der Waals surface area contributed by atoms with E-state index in [0.717, 1.165) is 55.4 Å². The number of hydrogen-bond donors (Lipinski definition) is 1. The van der Waals surface area contributed by atoms with E-state index in [0.29, 0.717) is 18.2 Å². The molecule has 2 fully saturated rings. The predicted molar refractivity (Wildman–Crippen MR) is 94.6 cm³/mol. The maximum atomic E-state index is 12.5. The van der Waals surface area contributed by atoms with Crippen LogP contribution in [0.5, 0.6) is 0 Å². The number of amides is 1. The van der Waals surface area contributed by atoms with Crippen molar-refractivity contribution < 1.29 is 9.90 Å². The highest BCUT2D eigenvalue weighted by Gasteiger charge is 2.30. The molecule has 1 atom stereocenters. The smallest absolute Gasteiger partial charge is 0.232 e. The second kappa shape index (κ2) is 7.08. The van der Waals surface area contributed by atoms with Crippen LogP contribution in [0.25, 0.3) is 0 Å². The van der Waals surface area contributed by atoms with Crippen molar-refractivity contribution in [2.75, 3.05) is 18.1 Å². The zero-order chi connectivity index (χ0) is 16.5. The third kappa shape index (κ3) is 3.64. The summed E-state index contributed by atoms with van der Waals surface area (Å²) in [6.07, 6.45) is 6.62. The van der Waals surface area contributed by atoms with Crippen LogP contribution in [0.3, 0.4) is 0 Å². The standard InChI is InChI=1S/C18H27N3O2S/c22-17(12-24-11-13-5-6-13)20-7-2-8-21-15(10-20)9-16(19-21)18(23)14-3-1-4-14/h9,13-14,18,23H,1-8,10-12H2/t18-/m1/s1. The summed E-state index contributed by atoms with van der Waals surface area (Å²) >= 11 is 1.78. The lowest BCUT2D eigenvalue weighted by molar-refractivity contribution is -0.128. The van der Waals surface area contributed by atoms with E-state index in [1.165, 1.54) is 19.3 Å². The number of aliphatic hydroxyl groups is 1. The van der Waals surface area contributed by atoms with Crippen molar-refractivity contribution in [1.82, 2.24) is 14.7 Å². The van der Waals surface area contributed by atoms with E-state index in [4.69, 9.17) is 0 Å². The van der Waals surface area contributed by atoms with Crippen molar-refractivity contribution in [3.8, 4) is 0 Å². The third-order valence-corrected chi connectivity index (χ3v) is 6.72. The molecule has 1 aliphatic heterocycles. The number of aliphatic hydroxyl groups excluding tert-OH is 1. The van der Waals surface area contributed by atoms with Crippen LogP contribution in [-0.4, -0.2) is 43.7 Å². The van der Waals surface area contributed by atoms with Crippen LogP contribution in [0.15, 0.2) is 6.07 Å². The molecule has 0 unspecified atom stereocenters. The van der Waals surface area contributed by atoms with Gasteiger partial charge in [0.25, 0.3) is 0 Å². The van der Waals surface area contributed by atoms with Crippen LogP contribution >= 0.6 is 11.8 Å². The van der Waals surface area contributed by atoms with Gasteiger partial charge >= 0.3 is 0 Å². The lowest BCUT2D eigenvalue weighted by Crippen LogP contribution is -2.32. The molecule has 0 bridgehead atoms. The maximum Gasteiger partial charge on any atom is 0.232 e. The van der Waals surface area contributed by atoms with Crippen molar-refractivity contribution in [1.29, 1.82) is 0 Å². The summed E-state index contributed by atoms with van der Waals surface area (Å²) < 4.78 is 2.00. The predicted octanol–water partition coefficient (Wildman–Crippen LogP) is 2.59. The van der Waals surface area contributed by atoms with E-state index in [-0.39, 0.29) is 5.91 Å². The second-order valence-corrected chi connectivity index (χ2v) is 8.58. The Morgan fingerprint density at radius 2 is 2.12 bits per heavy atom. The molecule has 1 N–H and O–H groups in total. The van der Waals surface area contributed by atoms with Gasteiger partial charge in [0.05, 0.1) is 23.7 Å². The Morgan fingerprint density at radius 1 is 1.29 bits per heavy atom. The largest absolute Gasteiger partial charge is 0.386 e. The van der Waals surface area contributed by atoms with Gasteiger partial charge in [-0.05, 0) is 55.8 Å². The number of nitrogens with zero attached hydrogens (tertiary/aromatic N) is 3. The van der Waals surface area contributed by atoms with Gasteiger partial charge in [-0.3, -0.25) is 9.48 Å². The van der Waals surface area contributed by atoms with Crippen LogP contribution in [0.1, 0.15) is 56.0 Å². The number of rotatable bonds is 6. The minimum Gasteiger partial charge on any atom is -0.386 e. The van der Waals surface area contributed by atoms with E-state index in [9.17, 15) is 9.90 Å². The van der Waals surface area contributed by atoms with E-state index in [1.807, 2.05) is 15.6 Å². The fraction of sp³-hybridized carbons (Fsp3) is 0.778. The molecule has 0 spiro atoms. The first-order valence-corrected chi connectivity index (χ1v) is 10.5. The average Bonchev–Trinajstić information content (AvgIpc) is 3.28. The topological polar surface area (TPSA) is 58.4 Å². The first kappa shape index (κ1) is 16.5. The SMILES string of the molecule is O=C(CSCC1CC1)N1CCCn2nc([C@H](O)C3CCC3)cc2C1. The molecule has 0 saturated heterocycles. The number of aryl methyl sites for hydroxylation is 1. The molecule has 0 aromatic carbocycles. The molecule has 0 radical (unpaired) electrons. The quantitative estimate of drug-likeness (QED) is 0.858. The van der Waals surface area contributed by atoms with E-state index in [2.05, 4.69) is 5.10 Å². The Labute approximate surface area is 147 Å². The lowest BCUT2D eigenvalue weighted by Gasteiger charge is -2.29. The van der Waals surface area contributed by atoms with Crippen molar-refractivity contribution >= 4 is 17.7 Å². The fourth-order valence-corrected chi connectivity index (χ4v) is 4.67. The third-order valence-electron chi connectivity index (χ3n) is 5.56. The second-order valence-electron chi connectivity index (χ2n) is 7.55. The summed E-state index contributed by atoms with van der Waals surface area (Å²) in [5, 5.41) is 15.1. The number of thioether (sulfide) groups is 1. The molecular formula is C18H27N3O2S. The van der Waals surface area contributed by atoms with Crippen molar-refractivity contribution in [2.24, 2.45) is 11.8 Å². The molecule has 24 heavy (non-hydrogen) atoms. The van der Waals surface area contributed by atoms with Gasteiger partial charge in [0.2, 0.25) is 5.91 Å². The first-order valence-electron chi connectivity index (χ1n) is 9.31. The summed E-state index contributed by atoms with van der Waals surface area (Å²) in [7, 11) is 0. The van der Waals surface area contributed by atoms with E-state index >= 15 is 0 Å². The Kier molecular flexibility index (Phi) is 4.86. The molecule has 2 aliphatic carbocycles. The van der Waals surface area contributed by atoms with Gasteiger partial charge in [-0.15, -0.1) is 0 Å². The zero-order valence-electron chi connectivity index (χ0n) is 14.2. The van der Waals surface area contributed by atoms with Crippen LogP contribution in [0, 0.1) is 11.8 Å². The highest BCUT2D eigenvalue weighted by Crippen LogP contribution is 2.37. The molecule has 1 aromatic heterocycles. The van der Waals surface area contributed by atoms with Crippen molar-refractivity contribution in [3.63, 3.8) is 0 Å². The summed E-state index contributed by atoms with van der Waals surface area (Å²) in [5.74, 6) is 3.22. The average molecular weight is 350 g/mol. The van der Waals surface area contributed by atoms with Crippen molar-refractivity contribution in [3.05, 3.63) is 17.5 Å². The van der Waals surface area contributed by atoms with E-state index < -0.39 is 6.10 Å². The molecular weight excluding hydrogens is 322 g/mol. The van der Waals surface area contributed by atoms with Gasteiger partial charge in [0, 0.05) is 13.1 Å². The van der Waals surface area contributed by atoms with Crippen molar-refractivity contribution in [2.45, 2.75) is 57.7 Å². The number of hydrogen-bond acceptors (Lipinski definition) is 4. The summed E-state index contributed by atoms with van der Waals surface area (Å²) in [6, 6.07) is 2.02. The molecule has 4 rings (SSSR count). The number of carbonyl (C=O) groups is 1. The van der Waals surface area contributed by atoms with E-state index in [1.54, 1.807) is 11.8 Å². The van der Waals surface area contributed by atoms with Crippen LogP contribution in [-0.2, 0) is 17.9 Å². The minimum atomic E-state index is -0.434. The van der Waals surface area contributed by atoms with Gasteiger partial charge in [-0.1, -0.05) is 6.42 Å². The molecule has 132 valence electrons. The molecule has 2 heterocycles. The first-order chi connectivity index (χ1) is 11.7. The Balaban J connectivity index is 1.37. The summed E-state index contributed by atoms with van der Waals surface area (Å²) in [6.45, 7) is 2.28. The Hall–Kier alpha value is -1.01. The maximum absolute atomic E-state index is 12.5. The summed E-state index contributed by atoms with van der Waals surface area (Å²) in [4.78, 5) is 14.5. The monoisotopic (exact) mass is 349 g/mol. The molecule has 6 heteroatoms.